The van der Waals surface area contributed by atoms with Crippen LogP contribution in [0.15, 0.2) is 35.7 Å². The van der Waals surface area contributed by atoms with Crippen molar-refractivity contribution in [2.24, 2.45) is 0 Å². The number of benzene rings is 1. The van der Waals surface area contributed by atoms with Crippen molar-refractivity contribution in [1.29, 1.82) is 0 Å². The summed E-state index contributed by atoms with van der Waals surface area (Å²) in [6, 6.07) is 10.8. The Morgan fingerprint density at radius 1 is 1.25 bits per heavy atom. The lowest BCUT2D eigenvalue weighted by Crippen LogP contribution is -2.28. The maximum absolute atomic E-state index is 6.00. The van der Waals surface area contributed by atoms with Crippen LogP contribution >= 0.6 is 11.3 Å². The molecule has 106 valence electrons. The molecule has 2 nitrogen and oxygen atoms in total. The molecule has 0 fully saturated rings. The van der Waals surface area contributed by atoms with Gasteiger partial charge < -0.3 is 10.1 Å². The van der Waals surface area contributed by atoms with Crippen molar-refractivity contribution < 1.29 is 4.74 Å². The average molecular weight is 287 g/mol. The van der Waals surface area contributed by atoms with Crippen LogP contribution in [0.5, 0.6) is 5.75 Å². The third kappa shape index (κ3) is 3.41. The summed E-state index contributed by atoms with van der Waals surface area (Å²) in [5.74, 6) is 1.01. The molecule has 1 N–H and O–H groups in total. The zero-order valence-electron chi connectivity index (χ0n) is 11.9. The highest BCUT2D eigenvalue weighted by Gasteiger charge is 2.12. The maximum Gasteiger partial charge on any atom is 0.120 e. The first-order valence-corrected chi connectivity index (χ1v) is 8.21. The molecule has 2 aromatic rings. The smallest absolute Gasteiger partial charge is 0.120 e. The summed E-state index contributed by atoms with van der Waals surface area (Å²) in [5.41, 5.74) is 2.97. The van der Waals surface area contributed by atoms with Gasteiger partial charge in [-0.05, 0) is 60.9 Å². The summed E-state index contributed by atoms with van der Waals surface area (Å²) in [7, 11) is 0. The number of aryl methyl sites for hydroxylation is 2. The van der Waals surface area contributed by atoms with Gasteiger partial charge >= 0.3 is 0 Å². The first-order chi connectivity index (χ1) is 9.81. The van der Waals surface area contributed by atoms with E-state index in [1.165, 1.54) is 35.3 Å². The first kappa shape index (κ1) is 13.7. The summed E-state index contributed by atoms with van der Waals surface area (Å²) < 4.78 is 6.00. The Bertz CT molecular complexity index is 550. The molecule has 1 aromatic carbocycles. The molecule has 20 heavy (non-hydrogen) atoms. The SMILES string of the molecule is CC(CNCc1cccs1)Oc1ccc2c(c1)CCC2. The van der Waals surface area contributed by atoms with E-state index in [4.69, 9.17) is 4.74 Å². The second-order valence-corrected chi connectivity index (χ2v) is 6.46. The highest BCUT2D eigenvalue weighted by atomic mass is 32.1. The van der Waals surface area contributed by atoms with Crippen molar-refractivity contribution in [2.45, 2.75) is 38.8 Å². The van der Waals surface area contributed by atoms with Crippen molar-refractivity contribution >= 4 is 11.3 Å². The van der Waals surface area contributed by atoms with Crippen LogP contribution in [0, 0.1) is 0 Å². The zero-order chi connectivity index (χ0) is 13.8. The van der Waals surface area contributed by atoms with E-state index in [1.54, 1.807) is 11.3 Å². The van der Waals surface area contributed by atoms with Gasteiger partial charge in [0, 0.05) is 18.0 Å². The predicted octanol–water partition coefficient (Wildman–Crippen LogP) is 3.79. The van der Waals surface area contributed by atoms with Crippen molar-refractivity contribution in [2.75, 3.05) is 6.54 Å². The Hall–Kier alpha value is -1.32. The number of hydrogen-bond acceptors (Lipinski definition) is 3. The van der Waals surface area contributed by atoms with Crippen LogP contribution in [0.4, 0.5) is 0 Å². The Kier molecular flexibility index (Phi) is 4.38. The molecule has 1 aliphatic rings. The second-order valence-electron chi connectivity index (χ2n) is 5.42. The van der Waals surface area contributed by atoms with Crippen molar-refractivity contribution in [3.05, 3.63) is 51.7 Å². The molecule has 1 aliphatic carbocycles. The number of hydrogen-bond donors (Lipinski definition) is 1. The standard InChI is InChI=1S/C17H21NOS/c1-13(11-18-12-17-6-3-9-20-17)19-16-8-7-14-4-2-5-15(14)10-16/h3,6-10,13,18H,2,4-5,11-12H2,1H3. The largest absolute Gasteiger partial charge is 0.489 e. The van der Waals surface area contributed by atoms with E-state index < -0.39 is 0 Å². The van der Waals surface area contributed by atoms with Crippen molar-refractivity contribution in [3.8, 4) is 5.75 Å². The topological polar surface area (TPSA) is 21.3 Å². The van der Waals surface area contributed by atoms with E-state index in [-0.39, 0.29) is 6.10 Å². The van der Waals surface area contributed by atoms with Crippen LogP contribution in [0.1, 0.15) is 29.3 Å². The van der Waals surface area contributed by atoms with Gasteiger partial charge in [-0.3, -0.25) is 0 Å². The molecule has 0 amide bonds. The van der Waals surface area contributed by atoms with Gasteiger partial charge in [-0.15, -0.1) is 11.3 Å². The van der Waals surface area contributed by atoms with Gasteiger partial charge in [0.1, 0.15) is 11.9 Å². The minimum atomic E-state index is 0.189. The van der Waals surface area contributed by atoms with E-state index in [2.05, 4.69) is 48.0 Å². The summed E-state index contributed by atoms with van der Waals surface area (Å²) in [6.45, 7) is 3.92. The maximum atomic E-state index is 6.00. The van der Waals surface area contributed by atoms with Gasteiger partial charge in [0.05, 0.1) is 0 Å². The molecule has 0 bridgehead atoms. The van der Waals surface area contributed by atoms with Gasteiger partial charge in [0.15, 0.2) is 0 Å². The Balaban J connectivity index is 1.47. The predicted molar refractivity (Wildman–Crippen MR) is 84.6 cm³/mol. The summed E-state index contributed by atoms with van der Waals surface area (Å²) in [6.07, 6.45) is 3.91. The lowest BCUT2D eigenvalue weighted by atomic mass is 10.1. The van der Waals surface area contributed by atoms with Crippen molar-refractivity contribution in [1.82, 2.24) is 5.32 Å². The zero-order valence-corrected chi connectivity index (χ0v) is 12.7. The van der Waals surface area contributed by atoms with Crippen LogP contribution in [0.25, 0.3) is 0 Å². The van der Waals surface area contributed by atoms with Crippen LogP contribution in [0.2, 0.25) is 0 Å². The van der Waals surface area contributed by atoms with Crippen LogP contribution in [0.3, 0.4) is 0 Å². The highest BCUT2D eigenvalue weighted by molar-refractivity contribution is 7.09. The molecule has 3 heteroatoms. The quantitative estimate of drug-likeness (QED) is 0.872. The van der Waals surface area contributed by atoms with Crippen LogP contribution < -0.4 is 10.1 Å². The molecule has 0 saturated carbocycles. The molecule has 1 atom stereocenters. The van der Waals surface area contributed by atoms with Crippen molar-refractivity contribution in [3.63, 3.8) is 0 Å². The van der Waals surface area contributed by atoms with Gasteiger partial charge in [-0.1, -0.05) is 12.1 Å². The second kappa shape index (κ2) is 6.42. The molecule has 3 rings (SSSR count). The summed E-state index contributed by atoms with van der Waals surface area (Å²) in [4.78, 5) is 1.37. The van der Waals surface area contributed by atoms with E-state index in [1.807, 2.05) is 0 Å². The fourth-order valence-corrected chi connectivity index (χ4v) is 3.38. The third-order valence-corrected chi connectivity index (χ3v) is 4.59. The normalized spacial score (nSPS) is 15.1. The van der Waals surface area contributed by atoms with Gasteiger partial charge in [-0.25, -0.2) is 0 Å². The number of fused-ring (bicyclic) bond motifs is 1. The summed E-state index contributed by atoms with van der Waals surface area (Å²) in [5, 5.41) is 5.56. The molecule has 1 aromatic heterocycles. The number of thiophene rings is 1. The lowest BCUT2D eigenvalue weighted by molar-refractivity contribution is 0.217. The number of rotatable bonds is 6. The van der Waals surface area contributed by atoms with Gasteiger partial charge in [0.2, 0.25) is 0 Å². The van der Waals surface area contributed by atoms with E-state index in [0.717, 1.165) is 18.8 Å². The van der Waals surface area contributed by atoms with E-state index >= 15 is 0 Å². The van der Waals surface area contributed by atoms with Gasteiger partial charge in [-0.2, -0.15) is 0 Å². The molecule has 0 aliphatic heterocycles. The monoisotopic (exact) mass is 287 g/mol. The molecule has 1 heterocycles. The number of ether oxygens (including phenoxy) is 1. The Morgan fingerprint density at radius 3 is 3.00 bits per heavy atom. The molecule has 0 radical (unpaired) electrons. The Morgan fingerprint density at radius 2 is 2.15 bits per heavy atom. The minimum Gasteiger partial charge on any atom is -0.489 e. The highest BCUT2D eigenvalue weighted by Crippen LogP contribution is 2.26. The van der Waals surface area contributed by atoms with E-state index in [9.17, 15) is 0 Å². The average Bonchev–Trinajstić information content (AvgIpc) is 3.08. The Labute approximate surface area is 124 Å². The molecular formula is C17H21NOS. The third-order valence-electron chi connectivity index (χ3n) is 3.72. The van der Waals surface area contributed by atoms with Crippen LogP contribution in [-0.2, 0) is 19.4 Å². The fraction of sp³-hybridized carbons (Fsp3) is 0.412. The first-order valence-electron chi connectivity index (χ1n) is 7.33. The fourth-order valence-electron chi connectivity index (χ4n) is 2.71. The number of nitrogens with one attached hydrogen (secondary N) is 1. The summed E-state index contributed by atoms with van der Waals surface area (Å²) >= 11 is 1.79. The van der Waals surface area contributed by atoms with Crippen LogP contribution in [-0.4, -0.2) is 12.6 Å². The molecule has 0 saturated heterocycles. The molecule has 0 spiro atoms. The van der Waals surface area contributed by atoms with Gasteiger partial charge in [0.25, 0.3) is 0 Å². The lowest BCUT2D eigenvalue weighted by Gasteiger charge is -2.16. The minimum absolute atomic E-state index is 0.189. The molecular weight excluding hydrogens is 266 g/mol. The van der Waals surface area contributed by atoms with E-state index in [0.29, 0.717) is 0 Å². The molecule has 1 unspecified atom stereocenters.